The van der Waals surface area contributed by atoms with Crippen LogP contribution in [0.4, 0.5) is 36.8 Å². The number of thiazole rings is 1. The summed E-state index contributed by atoms with van der Waals surface area (Å²) in [6.07, 6.45) is -10.1. The molecule has 33 heavy (non-hydrogen) atoms. The number of carbonyl (C=O) groups excluding carboxylic acids is 2. The molecule has 0 fully saturated rings. The Balaban J connectivity index is 2.34. The first kappa shape index (κ1) is 26.4. The second kappa shape index (κ2) is 9.57. The summed E-state index contributed by atoms with van der Waals surface area (Å²) in [7, 11) is 0. The summed E-state index contributed by atoms with van der Waals surface area (Å²) in [6.45, 7) is 6.48. The van der Waals surface area contributed by atoms with Gasteiger partial charge in [0.25, 0.3) is 0 Å². The third kappa shape index (κ3) is 7.07. The van der Waals surface area contributed by atoms with Crippen molar-refractivity contribution in [3.8, 4) is 0 Å². The van der Waals surface area contributed by atoms with Crippen LogP contribution in [0.25, 0.3) is 0 Å². The fourth-order valence-electron chi connectivity index (χ4n) is 2.65. The van der Waals surface area contributed by atoms with Crippen LogP contribution in [0.3, 0.4) is 0 Å². The number of anilines is 1. The van der Waals surface area contributed by atoms with Crippen LogP contribution < -0.4 is 5.32 Å². The third-order valence-electron chi connectivity index (χ3n) is 4.22. The van der Waals surface area contributed by atoms with E-state index in [-0.39, 0.29) is 24.9 Å². The van der Waals surface area contributed by atoms with Crippen molar-refractivity contribution < 1.29 is 40.7 Å². The van der Waals surface area contributed by atoms with Crippen molar-refractivity contribution in [2.45, 2.75) is 52.1 Å². The molecule has 182 valence electrons. The summed E-state index contributed by atoms with van der Waals surface area (Å²) >= 11 is 1.05. The van der Waals surface area contributed by atoms with Gasteiger partial charge in [-0.15, -0.1) is 11.3 Å². The van der Waals surface area contributed by atoms with E-state index in [1.807, 2.05) is 0 Å². The highest BCUT2D eigenvalue weighted by atomic mass is 32.1. The van der Waals surface area contributed by atoms with Crippen LogP contribution in [0.1, 0.15) is 54.3 Å². The number of hydrogen-bond donors (Lipinski definition) is 1. The van der Waals surface area contributed by atoms with Gasteiger partial charge >= 0.3 is 24.4 Å². The molecule has 1 aromatic heterocycles. The number of aromatic nitrogens is 1. The average molecular weight is 497 g/mol. The van der Waals surface area contributed by atoms with Gasteiger partial charge in [0, 0.05) is 16.6 Å². The molecule has 0 atom stereocenters. The second-order valence-electron chi connectivity index (χ2n) is 7.83. The Morgan fingerprint density at radius 2 is 1.58 bits per heavy atom. The van der Waals surface area contributed by atoms with Crippen molar-refractivity contribution in [3.05, 3.63) is 45.4 Å². The molecular weight excluding hydrogens is 476 g/mol. The van der Waals surface area contributed by atoms with Gasteiger partial charge < -0.3 is 15.0 Å². The normalized spacial score (nSPS) is 12.4. The summed E-state index contributed by atoms with van der Waals surface area (Å²) in [6, 6.07) is -0.112. The number of benzene rings is 1. The van der Waals surface area contributed by atoms with Gasteiger partial charge in [-0.05, 0) is 45.9 Å². The summed E-state index contributed by atoms with van der Waals surface area (Å²) in [5.74, 6) is -0.657. The van der Waals surface area contributed by atoms with E-state index in [0.717, 1.165) is 11.3 Å². The summed E-state index contributed by atoms with van der Waals surface area (Å²) in [5, 5.41) is 3.86. The zero-order valence-corrected chi connectivity index (χ0v) is 18.8. The molecule has 0 unspecified atom stereocenters. The molecular formula is C20H21F6N3O3S. The van der Waals surface area contributed by atoms with Crippen molar-refractivity contribution >= 4 is 29.0 Å². The van der Waals surface area contributed by atoms with Gasteiger partial charge in [0.2, 0.25) is 0 Å². The molecule has 1 N–H and O–H groups in total. The lowest BCUT2D eigenvalue weighted by Crippen LogP contribution is -2.47. The number of urea groups is 1. The Morgan fingerprint density at radius 1 is 1.03 bits per heavy atom. The molecule has 0 radical (unpaired) electrons. The average Bonchev–Trinajstić information content (AvgIpc) is 3.12. The number of alkyl halides is 6. The monoisotopic (exact) mass is 497 g/mol. The molecule has 6 nitrogen and oxygen atoms in total. The number of halogens is 6. The largest absolute Gasteiger partial charge is 0.461 e. The number of hydrogen-bond acceptors (Lipinski definition) is 5. The number of nitrogens with zero attached hydrogens (tertiary/aromatic N) is 2. The van der Waals surface area contributed by atoms with Crippen molar-refractivity contribution in [1.82, 2.24) is 9.88 Å². The Labute approximate surface area is 189 Å². The minimum atomic E-state index is -5.05. The molecule has 0 spiro atoms. The summed E-state index contributed by atoms with van der Waals surface area (Å²) in [4.78, 5) is 29.9. The Bertz CT molecular complexity index is 979. The summed E-state index contributed by atoms with van der Waals surface area (Å²) in [5.41, 5.74) is -4.63. The lowest BCUT2D eigenvalue weighted by Gasteiger charge is -2.35. The molecule has 0 saturated carbocycles. The van der Waals surface area contributed by atoms with E-state index in [4.69, 9.17) is 4.74 Å². The zero-order chi connectivity index (χ0) is 25.2. The lowest BCUT2D eigenvalue weighted by atomic mass is 10.1. The fraction of sp³-hybridized carbons (Fsp3) is 0.450. The van der Waals surface area contributed by atoms with Crippen LogP contribution in [-0.2, 0) is 23.6 Å². The predicted molar refractivity (Wildman–Crippen MR) is 109 cm³/mol. The van der Waals surface area contributed by atoms with E-state index in [1.165, 1.54) is 10.3 Å². The Hall–Kier alpha value is -2.83. The number of esters is 1. The molecule has 1 heterocycles. The highest BCUT2D eigenvalue weighted by Gasteiger charge is 2.37. The molecule has 0 saturated heterocycles. The first-order valence-electron chi connectivity index (χ1n) is 9.52. The molecule has 2 aromatic rings. The van der Waals surface area contributed by atoms with Crippen LogP contribution in [0, 0.1) is 0 Å². The van der Waals surface area contributed by atoms with Gasteiger partial charge in [-0.3, -0.25) is 0 Å². The first-order valence-corrected chi connectivity index (χ1v) is 10.4. The Kier molecular flexibility index (Phi) is 7.67. The van der Waals surface area contributed by atoms with Crippen molar-refractivity contribution in [2.75, 3.05) is 11.9 Å². The SMILES string of the molecule is CCOC(=O)c1csc(CN(C(=O)Nc2cc(C(F)(F)F)cc(C(F)(F)F)c2)C(C)(C)C)n1. The highest BCUT2D eigenvalue weighted by Crippen LogP contribution is 2.37. The molecule has 2 rings (SSSR count). The maximum Gasteiger partial charge on any atom is 0.416 e. The van der Waals surface area contributed by atoms with Gasteiger partial charge in [-0.2, -0.15) is 26.3 Å². The van der Waals surface area contributed by atoms with E-state index in [0.29, 0.717) is 17.1 Å². The van der Waals surface area contributed by atoms with E-state index in [1.54, 1.807) is 27.7 Å². The van der Waals surface area contributed by atoms with Crippen LogP contribution in [0.15, 0.2) is 23.6 Å². The van der Waals surface area contributed by atoms with Crippen molar-refractivity contribution in [2.24, 2.45) is 0 Å². The van der Waals surface area contributed by atoms with Gasteiger partial charge in [-0.1, -0.05) is 0 Å². The fourth-order valence-corrected chi connectivity index (χ4v) is 3.40. The Morgan fingerprint density at radius 3 is 2.03 bits per heavy atom. The van der Waals surface area contributed by atoms with Crippen LogP contribution in [0.5, 0.6) is 0 Å². The molecule has 0 aliphatic rings. The van der Waals surface area contributed by atoms with E-state index in [2.05, 4.69) is 10.3 Å². The van der Waals surface area contributed by atoms with Crippen molar-refractivity contribution in [1.29, 1.82) is 0 Å². The maximum absolute atomic E-state index is 13.1. The number of rotatable bonds is 5. The molecule has 1 aromatic carbocycles. The van der Waals surface area contributed by atoms with Crippen LogP contribution in [0.2, 0.25) is 0 Å². The maximum atomic E-state index is 13.1. The van der Waals surface area contributed by atoms with Gasteiger partial charge in [-0.25, -0.2) is 14.6 Å². The molecule has 2 amide bonds. The van der Waals surface area contributed by atoms with Gasteiger partial charge in [0.05, 0.1) is 24.3 Å². The standard InChI is InChI=1S/C20H21F6N3O3S/c1-5-32-16(30)14-10-33-15(28-14)9-29(18(2,3)4)17(31)27-13-7-11(19(21,22)23)6-12(8-13)20(24,25)26/h6-8,10H,5,9H2,1-4H3,(H,27,31). The number of ether oxygens (including phenoxy) is 1. The number of amides is 2. The minimum Gasteiger partial charge on any atom is -0.461 e. The second-order valence-corrected chi connectivity index (χ2v) is 8.77. The topological polar surface area (TPSA) is 71.5 Å². The van der Waals surface area contributed by atoms with Gasteiger partial charge in [0.1, 0.15) is 5.01 Å². The number of carbonyl (C=O) groups is 2. The molecule has 13 heteroatoms. The summed E-state index contributed by atoms with van der Waals surface area (Å²) < 4.78 is 83.4. The smallest absolute Gasteiger partial charge is 0.416 e. The quantitative estimate of drug-likeness (QED) is 0.395. The van der Waals surface area contributed by atoms with Crippen LogP contribution in [-0.4, -0.2) is 34.0 Å². The molecule has 0 aliphatic heterocycles. The van der Waals surface area contributed by atoms with Crippen molar-refractivity contribution in [3.63, 3.8) is 0 Å². The zero-order valence-electron chi connectivity index (χ0n) is 18.0. The van der Waals surface area contributed by atoms with Crippen LogP contribution >= 0.6 is 11.3 Å². The minimum absolute atomic E-state index is 0.0241. The third-order valence-corrected chi connectivity index (χ3v) is 5.06. The molecule has 0 bridgehead atoms. The highest BCUT2D eigenvalue weighted by molar-refractivity contribution is 7.09. The van der Waals surface area contributed by atoms with Gasteiger partial charge in [0.15, 0.2) is 5.69 Å². The lowest BCUT2D eigenvalue weighted by molar-refractivity contribution is -0.143. The first-order chi connectivity index (χ1) is 15.0. The number of nitrogens with one attached hydrogen (secondary N) is 1. The van der Waals surface area contributed by atoms with E-state index < -0.39 is 46.7 Å². The molecule has 0 aliphatic carbocycles. The van der Waals surface area contributed by atoms with E-state index >= 15 is 0 Å². The van der Waals surface area contributed by atoms with E-state index in [9.17, 15) is 35.9 Å². The predicted octanol–water partition coefficient (Wildman–Crippen LogP) is 6.19.